The Bertz CT molecular complexity index is 3060. The third kappa shape index (κ3) is 11.0. The molecule has 20 heteroatoms. The summed E-state index contributed by atoms with van der Waals surface area (Å²) in [7, 11) is 5.34. The third-order valence-corrected chi connectivity index (χ3v) is 15.4. The number of rotatable bonds is 17. The van der Waals surface area contributed by atoms with Gasteiger partial charge in [0.2, 0.25) is 11.9 Å². The normalized spacial score (nSPS) is 23.6. The molecule has 6 aromatic rings. The summed E-state index contributed by atoms with van der Waals surface area (Å²) < 4.78 is 35.9. The molecule has 76 heavy (non-hydrogen) atoms. The third-order valence-electron chi connectivity index (χ3n) is 15.4. The van der Waals surface area contributed by atoms with E-state index < -0.39 is 0 Å². The average molecular weight is 1040 g/mol. The first-order valence-electron chi connectivity index (χ1n) is 26.7. The first-order chi connectivity index (χ1) is 37.0. The molecule has 5 aliphatic rings. The number of methoxy groups -OCH3 is 1. The quantitative estimate of drug-likeness (QED) is 0.111. The number of morpholine rings is 3. The first-order valence-corrected chi connectivity index (χ1v) is 26.7. The molecular formula is C56H68N12O8. The van der Waals surface area contributed by atoms with Crippen LogP contribution >= 0.6 is 0 Å². The SMILES string of the molecule is CNC(=O)c1cccc(-c2ccc3c(N4CCOC[C@@H]4C)nc(N(C)CCOC4CC(OCCNC(=O)c5cccc(-c6ccc7c(N8CCOC[C@@H]8C)nc(N8CCO[C@]9(C8)C[C@@H](OC)C9)nc7n6)c5)C4)nc3n2)c1. The molecule has 0 bridgehead atoms. The number of carbonyl (C=O) groups is 2. The van der Waals surface area contributed by atoms with E-state index in [0.29, 0.717) is 119 Å². The van der Waals surface area contributed by atoms with Gasteiger partial charge in [-0.2, -0.15) is 19.9 Å². The monoisotopic (exact) mass is 1040 g/mol. The van der Waals surface area contributed by atoms with E-state index in [1.807, 2.05) is 78.7 Å². The van der Waals surface area contributed by atoms with Crippen molar-refractivity contribution in [2.45, 2.75) is 75.5 Å². The molecule has 5 fully saturated rings. The summed E-state index contributed by atoms with van der Waals surface area (Å²) >= 11 is 0. The zero-order chi connectivity index (χ0) is 52.3. The van der Waals surface area contributed by atoms with E-state index in [9.17, 15) is 9.59 Å². The van der Waals surface area contributed by atoms with Crippen molar-refractivity contribution in [3.8, 4) is 22.5 Å². The van der Waals surface area contributed by atoms with Crippen molar-refractivity contribution in [2.75, 3.05) is 126 Å². The minimum atomic E-state index is -0.258. The Labute approximate surface area is 442 Å². The molecule has 3 aliphatic heterocycles. The van der Waals surface area contributed by atoms with Gasteiger partial charge >= 0.3 is 0 Å². The zero-order valence-corrected chi connectivity index (χ0v) is 44.1. The fourth-order valence-corrected chi connectivity index (χ4v) is 10.8. The average Bonchev–Trinajstić information content (AvgIpc) is 3.48. The van der Waals surface area contributed by atoms with Gasteiger partial charge in [-0.1, -0.05) is 24.3 Å². The lowest BCUT2D eigenvalue weighted by atomic mass is 9.76. The van der Waals surface area contributed by atoms with Gasteiger partial charge in [-0.3, -0.25) is 9.59 Å². The van der Waals surface area contributed by atoms with Crippen LogP contribution in [0.15, 0.2) is 72.8 Å². The van der Waals surface area contributed by atoms with Crippen LogP contribution in [0.1, 0.15) is 60.2 Å². The molecule has 0 unspecified atom stereocenters. The number of ether oxygens (including phenoxy) is 6. The van der Waals surface area contributed by atoms with Crippen molar-refractivity contribution in [3.63, 3.8) is 0 Å². The van der Waals surface area contributed by atoms with Gasteiger partial charge < -0.3 is 58.7 Å². The number of nitrogens with zero attached hydrogens (tertiary/aromatic N) is 10. The summed E-state index contributed by atoms with van der Waals surface area (Å²) in [6.45, 7) is 11.9. The van der Waals surface area contributed by atoms with E-state index in [1.165, 1.54) is 0 Å². The van der Waals surface area contributed by atoms with E-state index >= 15 is 0 Å². The number of anilines is 4. The molecule has 1 spiro atoms. The van der Waals surface area contributed by atoms with Gasteiger partial charge in [0.25, 0.3) is 11.8 Å². The number of hydrogen-bond acceptors (Lipinski definition) is 18. The molecule has 3 saturated heterocycles. The van der Waals surface area contributed by atoms with Gasteiger partial charge in [0.15, 0.2) is 11.3 Å². The lowest BCUT2D eigenvalue weighted by Crippen LogP contribution is -2.61. The maximum atomic E-state index is 13.5. The highest BCUT2D eigenvalue weighted by Gasteiger charge is 2.49. The highest BCUT2D eigenvalue weighted by atomic mass is 16.5. The van der Waals surface area contributed by atoms with E-state index in [4.69, 9.17) is 58.3 Å². The van der Waals surface area contributed by atoms with Gasteiger partial charge in [0, 0.05) is 89.0 Å². The van der Waals surface area contributed by atoms with Crippen LogP contribution in [-0.4, -0.2) is 184 Å². The molecule has 2 amide bonds. The maximum Gasteiger partial charge on any atom is 0.251 e. The highest BCUT2D eigenvalue weighted by Crippen LogP contribution is 2.41. The largest absolute Gasteiger partial charge is 0.381 e. The molecule has 2 atom stereocenters. The molecule has 2 aliphatic carbocycles. The van der Waals surface area contributed by atoms with Crippen molar-refractivity contribution in [2.24, 2.45) is 0 Å². The molecule has 400 valence electrons. The molecule has 11 rings (SSSR count). The number of hydrogen-bond donors (Lipinski definition) is 2. The Balaban J connectivity index is 0.677. The van der Waals surface area contributed by atoms with Crippen molar-refractivity contribution in [1.82, 2.24) is 40.5 Å². The van der Waals surface area contributed by atoms with E-state index in [2.05, 4.69) is 39.2 Å². The fraction of sp³-hybridized carbons (Fsp3) is 0.500. The maximum absolute atomic E-state index is 13.5. The summed E-state index contributed by atoms with van der Waals surface area (Å²) in [6.07, 6.45) is 3.59. The molecule has 2 aromatic carbocycles. The molecule has 4 aromatic heterocycles. The number of benzene rings is 2. The van der Waals surface area contributed by atoms with E-state index in [-0.39, 0.29) is 47.8 Å². The van der Waals surface area contributed by atoms with E-state index in [1.54, 1.807) is 20.2 Å². The summed E-state index contributed by atoms with van der Waals surface area (Å²) in [5, 5.41) is 7.45. The molecule has 2 N–H and O–H groups in total. The number of aromatic nitrogens is 6. The number of likely N-dealkylation sites (N-methyl/N-ethyl adjacent to an activating group) is 1. The molecule has 7 heterocycles. The summed E-state index contributed by atoms with van der Waals surface area (Å²) in [5.74, 6) is 2.51. The number of pyridine rings is 2. The lowest BCUT2D eigenvalue weighted by Gasteiger charge is -2.51. The summed E-state index contributed by atoms with van der Waals surface area (Å²) in [6, 6.07) is 23.2. The van der Waals surface area contributed by atoms with Crippen molar-refractivity contribution < 1.29 is 38.0 Å². The minimum Gasteiger partial charge on any atom is -0.381 e. The number of amides is 2. The summed E-state index contributed by atoms with van der Waals surface area (Å²) in [4.78, 5) is 65.1. The lowest BCUT2D eigenvalue weighted by molar-refractivity contribution is -0.168. The van der Waals surface area contributed by atoms with Crippen molar-refractivity contribution in [3.05, 3.63) is 83.9 Å². The molecule has 2 saturated carbocycles. The minimum absolute atomic E-state index is 0.0584. The van der Waals surface area contributed by atoms with Crippen LogP contribution in [0.5, 0.6) is 0 Å². The van der Waals surface area contributed by atoms with Crippen LogP contribution in [0.2, 0.25) is 0 Å². The van der Waals surface area contributed by atoms with Gasteiger partial charge in [-0.25, -0.2) is 9.97 Å². The summed E-state index contributed by atoms with van der Waals surface area (Å²) in [5.41, 5.74) is 5.08. The second-order valence-corrected chi connectivity index (χ2v) is 20.7. The number of nitrogens with one attached hydrogen (secondary N) is 2. The van der Waals surface area contributed by atoms with Gasteiger partial charge in [-0.05, 0) is 75.2 Å². The van der Waals surface area contributed by atoms with Crippen LogP contribution in [0.3, 0.4) is 0 Å². The molecular weight excluding hydrogens is 969 g/mol. The van der Waals surface area contributed by atoms with Crippen LogP contribution in [0.4, 0.5) is 23.5 Å². The fourth-order valence-electron chi connectivity index (χ4n) is 10.8. The van der Waals surface area contributed by atoms with Gasteiger partial charge in [-0.15, -0.1) is 0 Å². The van der Waals surface area contributed by atoms with Crippen molar-refractivity contribution in [1.29, 1.82) is 0 Å². The predicted molar refractivity (Wildman–Crippen MR) is 289 cm³/mol. The number of carbonyl (C=O) groups excluding carboxylic acids is 2. The Hall–Kier alpha value is -6.68. The molecule has 0 radical (unpaired) electrons. The van der Waals surface area contributed by atoms with Crippen LogP contribution in [0, 0.1) is 0 Å². The topological polar surface area (TPSA) is 204 Å². The Morgan fingerprint density at radius 1 is 0.711 bits per heavy atom. The van der Waals surface area contributed by atoms with E-state index in [0.717, 1.165) is 71.5 Å². The number of fused-ring (bicyclic) bond motifs is 2. The van der Waals surface area contributed by atoms with Gasteiger partial charge in [0.05, 0.1) is 111 Å². The van der Waals surface area contributed by atoms with Crippen LogP contribution in [0.25, 0.3) is 44.6 Å². The Morgan fingerprint density at radius 3 is 1.93 bits per heavy atom. The second kappa shape index (κ2) is 22.5. The molecule has 20 nitrogen and oxygen atoms in total. The predicted octanol–water partition coefficient (Wildman–Crippen LogP) is 5.32. The Kier molecular flexibility index (Phi) is 15.2. The highest BCUT2D eigenvalue weighted by molar-refractivity contribution is 5.97. The van der Waals surface area contributed by atoms with Gasteiger partial charge in [0.1, 0.15) is 11.6 Å². The smallest absolute Gasteiger partial charge is 0.251 e. The second-order valence-electron chi connectivity index (χ2n) is 20.7. The standard InChI is InChI=1S/C56H68N12O8/c1-35-32-72-22-19-67(35)50-44-12-14-46(37-8-6-10-39(26-37)52(69)57-3)59-48(44)61-54(63-50)65(4)17-24-75-42-28-41(29-42)74-21-16-58-53(70)40-11-7-9-38(27-40)47-15-13-45-49(60-47)62-55(64-51(45)68-20-23-73-33-36(68)2)66-18-25-76-56(34-66)30-43(31-56)71-5/h6-15,26-27,35-36,41-43H,16-25,28-34H2,1-5H3,(H,57,69)(H,58,70)/t35-,36-,41?,42?,43-,56-/m0/s1. The van der Waals surface area contributed by atoms with Crippen LogP contribution < -0.4 is 30.2 Å². The van der Waals surface area contributed by atoms with Crippen molar-refractivity contribution >= 4 is 57.4 Å². The zero-order valence-electron chi connectivity index (χ0n) is 44.1. The van der Waals surface area contributed by atoms with Crippen LogP contribution in [-0.2, 0) is 28.4 Å². The Morgan fingerprint density at radius 2 is 1.32 bits per heavy atom. The first kappa shape index (κ1) is 51.4.